The first-order valence-electron chi connectivity index (χ1n) is 6.13. The Balaban J connectivity index is 2.16. The lowest BCUT2D eigenvalue weighted by molar-refractivity contribution is 0.284. The maximum atomic E-state index is 8.78. The van der Waals surface area contributed by atoms with Crippen LogP contribution in [-0.2, 0) is 6.61 Å². The number of hydrogen-bond donors (Lipinski definition) is 1. The maximum Gasteiger partial charge on any atom is 0.161 e. The number of methoxy groups -OCH3 is 1. The highest BCUT2D eigenvalue weighted by Crippen LogP contribution is 2.29. The molecule has 20 heavy (non-hydrogen) atoms. The molecule has 5 heteroatoms. The Hall–Kier alpha value is -2.56. The van der Waals surface area contributed by atoms with Crippen molar-refractivity contribution in [2.75, 3.05) is 7.11 Å². The topological polar surface area (TPSA) is 63.9 Å². The molecule has 0 saturated heterocycles. The first-order chi connectivity index (χ1) is 9.74. The molecule has 0 spiro atoms. The largest absolute Gasteiger partial charge is 0.493 e. The van der Waals surface area contributed by atoms with Crippen molar-refractivity contribution in [3.05, 3.63) is 53.9 Å². The van der Waals surface area contributed by atoms with Gasteiger partial charge in [0.2, 0.25) is 0 Å². The van der Waals surface area contributed by atoms with Gasteiger partial charge in [0.1, 0.15) is 6.61 Å². The Bertz CT molecular complexity index is 597. The van der Waals surface area contributed by atoms with E-state index in [4.69, 9.17) is 14.7 Å². The molecule has 104 valence electrons. The predicted octanol–water partition coefficient (Wildman–Crippen LogP) is 2.87. The van der Waals surface area contributed by atoms with Crippen LogP contribution in [0, 0.1) is 0 Å². The molecule has 0 aliphatic heterocycles. The fourth-order valence-electron chi connectivity index (χ4n) is 1.71. The standard InChI is InChI=1S/C15H16N2O3/c1-11(17-18)13-3-4-14(15(9-13)19-2)20-10-12-5-7-16-8-6-12/h3-9,18H,10H2,1-2H3/b17-11+. The lowest BCUT2D eigenvalue weighted by atomic mass is 10.1. The number of nitrogens with zero attached hydrogens (tertiary/aromatic N) is 2. The van der Waals surface area contributed by atoms with E-state index in [1.54, 1.807) is 38.6 Å². The second-order valence-electron chi connectivity index (χ2n) is 4.20. The zero-order valence-electron chi connectivity index (χ0n) is 11.4. The Morgan fingerprint density at radius 1 is 1.20 bits per heavy atom. The molecule has 0 radical (unpaired) electrons. The zero-order valence-corrected chi connectivity index (χ0v) is 11.4. The van der Waals surface area contributed by atoms with E-state index in [0.29, 0.717) is 23.8 Å². The summed E-state index contributed by atoms with van der Waals surface area (Å²) >= 11 is 0. The number of ether oxygens (including phenoxy) is 2. The first-order valence-corrected chi connectivity index (χ1v) is 6.13. The van der Waals surface area contributed by atoms with Gasteiger partial charge in [0.05, 0.1) is 12.8 Å². The van der Waals surface area contributed by atoms with Gasteiger partial charge in [-0.15, -0.1) is 0 Å². The van der Waals surface area contributed by atoms with E-state index in [1.165, 1.54) is 0 Å². The van der Waals surface area contributed by atoms with Crippen molar-refractivity contribution in [3.63, 3.8) is 0 Å². The van der Waals surface area contributed by atoms with E-state index >= 15 is 0 Å². The number of rotatable bonds is 5. The molecule has 1 N–H and O–H groups in total. The molecule has 0 fully saturated rings. The number of pyridine rings is 1. The Kier molecular flexibility index (Phi) is 4.55. The molecule has 0 bridgehead atoms. The Morgan fingerprint density at radius 3 is 2.60 bits per heavy atom. The summed E-state index contributed by atoms with van der Waals surface area (Å²) in [6.45, 7) is 2.15. The van der Waals surface area contributed by atoms with E-state index in [9.17, 15) is 0 Å². The molecule has 1 aromatic heterocycles. The van der Waals surface area contributed by atoms with E-state index in [-0.39, 0.29) is 0 Å². The SMILES string of the molecule is COc1cc(/C(C)=N/O)ccc1OCc1ccncc1. The van der Waals surface area contributed by atoms with Crippen molar-refractivity contribution in [1.29, 1.82) is 0 Å². The minimum atomic E-state index is 0.436. The van der Waals surface area contributed by atoms with Gasteiger partial charge in [0.15, 0.2) is 11.5 Å². The van der Waals surface area contributed by atoms with Gasteiger partial charge in [-0.05, 0) is 42.8 Å². The normalized spacial score (nSPS) is 11.2. The van der Waals surface area contributed by atoms with E-state index in [2.05, 4.69) is 10.1 Å². The van der Waals surface area contributed by atoms with Gasteiger partial charge in [-0.2, -0.15) is 0 Å². The van der Waals surface area contributed by atoms with Crippen LogP contribution in [0.1, 0.15) is 18.1 Å². The van der Waals surface area contributed by atoms with Gasteiger partial charge in [0, 0.05) is 18.0 Å². The molecule has 2 aromatic rings. The molecule has 0 atom stereocenters. The molecule has 2 rings (SSSR count). The summed E-state index contributed by atoms with van der Waals surface area (Å²) in [4.78, 5) is 3.96. The van der Waals surface area contributed by atoms with Crippen molar-refractivity contribution in [2.45, 2.75) is 13.5 Å². The fraction of sp³-hybridized carbons (Fsp3) is 0.200. The third kappa shape index (κ3) is 3.26. The molecule has 1 heterocycles. The lowest BCUT2D eigenvalue weighted by Gasteiger charge is -2.12. The van der Waals surface area contributed by atoms with Crippen LogP contribution in [0.25, 0.3) is 0 Å². The minimum absolute atomic E-state index is 0.436. The van der Waals surface area contributed by atoms with E-state index < -0.39 is 0 Å². The summed E-state index contributed by atoms with van der Waals surface area (Å²) in [6.07, 6.45) is 3.44. The molecular formula is C15H16N2O3. The molecule has 0 aliphatic rings. The van der Waals surface area contributed by atoms with Gasteiger partial charge in [0.25, 0.3) is 0 Å². The monoisotopic (exact) mass is 272 g/mol. The summed E-state index contributed by atoms with van der Waals surface area (Å²) in [6, 6.07) is 9.17. The summed E-state index contributed by atoms with van der Waals surface area (Å²) in [5, 5.41) is 12.0. The molecule has 0 unspecified atom stereocenters. The number of aromatic nitrogens is 1. The van der Waals surface area contributed by atoms with Gasteiger partial charge >= 0.3 is 0 Å². The molecule has 0 saturated carbocycles. The third-order valence-electron chi connectivity index (χ3n) is 2.88. The van der Waals surface area contributed by atoms with E-state index in [1.807, 2.05) is 18.2 Å². The smallest absolute Gasteiger partial charge is 0.161 e. The quantitative estimate of drug-likeness (QED) is 0.516. The van der Waals surface area contributed by atoms with Crippen molar-refractivity contribution in [1.82, 2.24) is 4.98 Å². The van der Waals surface area contributed by atoms with Crippen molar-refractivity contribution in [3.8, 4) is 11.5 Å². The van der Waals surface area contributed by atoms with Gasteiger partial charge in [-0.3, -0.25) is 4.98 Å². The zero-order chi connectivity index (χ0) is 14.4. The lowest BCUT2D eigenvalue weighted by Crippen LogP contribution is -2.00. The Labute approximate surface area is 117 Å². The average Bonchev–Trinajstić information content (AvgIpc) is 2.53. The molecule has 1 aromatic carbocycles. The summed E-state index contributed by atoms with van der Waals surface area (Å²) < 4.78 is 11.0. The first kappa shape index (κ1) is 13.9. The molecule has 0 amide bonds. The molecule has 5 nitrogen and oxygen atoms in total. The molecule has 0 aliphatic carbocycles. The maximum absolute atomic E-state index is 8.78. The van der Waals surface area contributed by atoms with Crippen LogP contribution in [0.2, 0.25) is 0 Å². The summed E-state index contributed by atoms with van der Waals surface area (Å²) in [5.74, 6) is 1.23. The number of benzene rings is 1. The van der Waals surface area contributed by atoms with Crippen molar-refractivity contribution >= 4 is 5.71 Å². The highest BCUT2D eigenvalue weighted by molar-refractivity contribution is 5.98. The fourth-order valence-corrected chi connectivity index (χ4v) is 1.71. The molecular weight excluding hydrogens is 256 g/mol. The van der Waals surface area contributed by atoms with Crippen LogP contribution in [-0.4, -0.2) is 23.0 Å². The summed E-state index contributed by atoms with van der Waals surface area (Å²) in [5.41, 5.74) is 2.32. The third-order valence-corrected chi connectivity index (χ3v) is 2.88. The van der Waals surface area contributed by atoms with Gasteiger partial charge in [-0.25, -0.2) is 0 Å². The minimum Gasteiger partial charge on any atom is -0.493 e. The number of hydrogen-bond acceptors (Lipinski definition) is 5. The second-order valence-corrected chi connectivity index (χ2v) is 4.20. The summed E-state index contributed by atoms with van der Waals surface area (Å²) in [7, 11) is 1.57. The van der Waals surface area contributed by atoms with Crippen LogP contribution >= 0.6 is 0 Å². The Morgan fingerprint density at radius 2 is 1.95 bits per heavy atom. The van der Waals surface area contributed by atoms with Gasteiger partial charge in [-0.1, -0.05) is 5.16 Å². The van der Waals surface area contributed by atoms with Crippen LogP contribution in [0.15, 0.2) is 47.9 Å². The van der Waals surface area contributed by atoms with E-state index in [0.717, 1.165) is 11.1 Å². The average molecular weight is 272 g/mol. The van der Waals surface area contributed by atoms with Gasteiger partial charge < -0.3 is 14.7 Å². The van der Waals surface area contributed by atoms with Crippen LogP contribution in [0.3, 0.4) is 0 Å². The highest BCUT2D eigenvalue weighted by Gasteiger charge is 2.08. The van der Waals surface area contributed by atoms with Crippen LogP contribution in [0.4, 0.5) is 0 Å². The van der Waals surface area contributed by atoms with Crippen molar-refractivity contribution in [2.24, 2.45) is 5.16 Å². The van der Waals surface area contributed by atoms with Crippen LogP contribution in [0.5, 0.6) is 11.5 Å². The highest BCUT2D eigenvalue weighted by atomic mass is 16.5. The second kappa shape index (κ2) is 6.56. The number of oxime groups is 1. The predicted molar refractivity (Wildman–Crippen MR) is 75.6 cm³/mol. The van der Waals surface area contributed by atoms with Crippen LogP contribution < -0.4 is 9.47 Å². The van der Waals surface area contributed by atoms with Crippen molar-refractivity contribution < 1.29 is 14.7 Å².